The summed E-state index contributed by atoms with van der Waals surface area (Å²) in [5.41, 5.74) is -1.38. The van der Waals surface area contributed by atoms with E-state index in [0.717, 1.165) is 12.3 Å². The van der Waals surface area contributed by atoms with Gasteiger partial charge in [0.2, 0.25) is 0 Å². The van der Waals surface area contributed by atoms with Gasteiger partial charge in [-0.25, -0.2) is 17.6 Å². The highest BCUT2D eigenvalue weighted by Crippen LogP contribution is 2.22. The first kappa shape index (κ1) is 8.96. The van der Waals surface area contributed by atoms with E-state index >= 15 is 0 Å². The number of alkyl halides is 3. The summed E-state index contributed by atoms with van der Waals surface area (Å²) >= 11 is 0. The lowest BCUT2D eigenvalue weighted by atomic mass is 10.2. The summed E-state index contributed by atoms with van der Waals surface area (Å²) in [5.74, 6) is -1.25. The van der Waals surface area contributed by atoms with E-state index in [4.69, 9.17) is 0 Å². The van der Waals surface area contributed by atoms with Crippen molar-refractivity contribution >= 4 is 0 Å². The minimum absolute atomic E-state index is 0.576. The highest BCUT2D eigenvalue weighted by Gasteiger charge is 2.16. The highest BCUT2D eigenvalue weighted by molar-refractivity contribution is 5.19. The molecule has 5 heteroatoms. The normalized spacial score (nSPS) is 10.8. The molecule has 0 aliphatic heterocycles. The van der Waals surface area contributed by atoms with Gasteiger partial charge < -0.3 is 0 Å². The van der Waals surface area contributed by atoms with Crippen LogP contribution >= 0.6 is 0 Å². The second-order valence-electron chi connectivity index (χ2n) is 2.10. The Balaban J connectivity index is 3.14. The number of hydrogen-bond acceptors (Lipinski definition) is 1. The quantitative estimate of drug-likeness (QED) is 0.636. The van der Waals surface area contributed by atoms with Crippen molar-refractivity contribution in [3.8, 4) is 0 Å². The first-order valence-corrected chi connectivity index (χ1v) is 3.14. The summed E-state index contributed by atoms with van der Waals surface area (Å²) in [4.78, 5) is 3.26. The number of hydrogen-bond donors (Lipinski definition) is 0. The topological polar surface area (TPSA) is 12.9 Å². The maximum atomic E-state index is 12.7. The molecule has 1 rings (SSSR count). The van der Waals surface area contributed by atoms with Crippen molar-refractivity contribution in [2.45, 2.75) is 13.1 Å². The van der Waals surface area contributed by atoms with Gasteiger partial charge in [0.1, 0.15) is 12.4 Å². The molecule has 0 radical (unpaired) electrons. The molecule has 0 N–H and O–H groups in total. The van der Waals surface area contributed by atoms with E-state index in [1.807, 2.05) is 0 Å². The summed E-state index contributed by atoms with van der Waals surface area (Å²) in [6.07, 6.45) is -1.97. The van der Waals surface area contributed by atoms with Crippen LogP contribution in [0.5, 0.6) is 0 Å². The SMILES string of the molecule is FCc1nccc(C(F)F)c1F. The standard InChI is InChI=1S/C7H5F4N/c8-3-5-6(9)4(7(10)11)1-2-12-5/h1-2,7H,3H2. The zero-order chi connectivity index (χ0) is 9.14. The largest absolute Gasteiger partial charge is 0.266 e. The molecule has 0 aliphatic rings. The Morgan fingerprint density at radius 3 is 2.58 bits per heavy atom. The Morgan fingerprint density at radius 2 is 2.08 bits per heavy atom. The third-order valence-corrected chi connectivity index (χ3v) is 1.35. The van der Waals surface area contributed by atoms with Crippen LogP contribution < -0.4 is 0 Å². The van der Waals surface area contributed by atoms with Crippen LogP contribution in [0.4, 0.5) is 17.6 Å². The van der Waals surface area contributed by atoms with Crippen molar-refractivity contribution in [2.24, 2.45) is 0 Å². The van der Waals surface area contributed by atoms with Gasteiger partial charge in [0.15, 0.2) is 5.82 Å². The van der Waals surface area contributed by atoms with Gasteiger partial charge in [-0.3, -0.25) is 4.98 Å². The van der Waals surface area contributed by atoms with Crippen molar-refractivity contribution < 1.29 is 17.6 Å². The number of rotatable bonds is 2. The fourth-order valence-corrected chi connectivity index (χ4v) is 0.766. The van der Waals surface area contributed by atoms with Crippen LogP contribution in [0.15, 0.2) is 12.3 Å². The van der Waals surface area contributed by atoms with Crippen LogP contribution in [-0.4, -0.2) is 4.98 Å². The van der Waals surface area contributed by atoms with Crippen molar-refractivity contribution in [3.05, 3.63) is 29.3 Å². The molecule has 0 fully saturated rings. The molecule has 12 heavy (non-hydrogen) atoms. The van der Waals surface area contributed by atoms with Crippen LogP contribution in [0.2, 0.25) is 0 Å². The van der Waals surface area contributed by atoms with Gasteiger partial charge in [-0.2, -0.15) is 0 Å². The summed E-state index contributed by atoms with van der Waals surface area (Å²) in [7, 11) is 0. The van der Waals surface area contributed by atoms with E-state index in [-0.39, 0.29) is 0 Å². The number of nitrogens with zero attached hydrogens (tertiary/aromatic N) is 1. The lowest BCUT2D eigenvalue weighted by molar-refractivity contribution is 0.145. The minimum atomic E-state index is -2.93. The first-order chi connectivity index (χ1) is 5.66. The second kappa shape index (κ2) is 3.51. The smallest absolute Gasteiger partial charge is 0.255 e. The van der Waals surface area contributed by atoms with E-state index in [1.165, 1.54) is 0 Å². The average Bonchev–Trinajstić information content (AvgIpc) is 2.04. The molecule has 1 heterocycles. The summed E-state index contributed by atoms with van der Waals surface area (Å²) < 4.78 is 48.5. The van der Waals surface area contributed by atoms with E-state index in [1.54, 1.807) is 0 Å². The maximum Gasteiger partial charge on any atom is 0.266 e. The predicted molar refractivity (Wildman–Crippen MR) is 34.0 cm³/mol. The van der Waals surface area contributed by atoms with Crippen molar-refractivity contribution in [1.82, 2.24) is 4.98 Å². The molecule has 0 aromatic carbocycles. The number of aromatic nitrogens is 1. The Labute approximate surface area is 66.0 Å². The predicted octanol–water partition coefficient (Wildman–Crippen LogP) is 2.63. The van der Waals surface area contributed by atoms with E-state index < -0.39 is 30.2 Å². The highest BCUT2D eigenvalue weighted by atomic mass is 19.3. The monoisotopic (exact) mass is 179 g/mol. The van der Waals surface area contributed by atoms with Crippen molar-refractivity contribution in [3.63, 3.8) is 0 Å². The molecule has 0 saturated heterocycles. The fourth-order valence-electron chi connectivity index (χ4n) is 0.766. The van der Waals surface area contributed by atoms with Gasteiger partial charge in [0.05, 0.1) is 5.56 Å². The zero-order valence-electron chi connectivity index (χ0n) is 5.90. The van der Waals surface area contributed by atoms with Gasteiger partial charge in [-0.15, -0.1) is 0 Å². The van der Waals surface area contributed by atoms with E-state index in [0.29, 0.717) is 0 Å². The molecule has 0 amide bonds. The molecular weight excluding hydrogens is 174 g/mol. The van der Waals surface area contributed by atoms with E-state index in [2.05, 4.69) is 4.98 Å². The van der Waals surface area contributed by atoms with Gasteiger partial charge in [0, 0.05) is 6.20 Å². The lowest BCUT2D eigenvalue weighted by Crippen LogP contribution is -1.98. The van der Waals surface area contributed by atoms with Gasteiger partial charge in [-0.05, 0) is 6.07 Å². The Hall–Kier alpha value is -1.13. The Kier molecular flexibility index (Phi) is 2.62. The molecule has 0 unspecified atom stereocenters. The van der Waals surface area contributed by atoms with Crippen LogP contribution in [-0.2, 0) is 6.67 Å². The molecule has 0 saturated carbocycles. The summed E-state index contributed by atoms with van der Waals surface area (Å²) in [6.45, 7) is -1.17. The van der Waals surface area contributed by atoms with Crippen molar-refractivity contribution in [2.75, 3.05) is 0 Å². The molecule has 0 atom stereocenters. The van der Waals surface area contributed by atoms with Crippen LogP contribution in [0, 0.1) is 5.82 Å². The van der Waals surface area contributed by atoms with Crippen LogP contribution in [0.1, 0.15) is 17.7 Å². The van der Waals surface area contributed by atoms with Crippen molar-refractivity contribution in [1.29, 1.82) is 0 Å². The molecular formula is C7H5F4N. The molecule has 0 aliphatic carbocycles. The summed E-state index contributed by atoms with van der Waals surface area (Å²) in [5, 5.41) is 0. The van der Waals surface area contributed by atoms with Gasteiger partial charge >= 0.3 is 0 Å². The Bertz CT molecular complexity index is 274. The molecule has 1 nitrogen and oxygen atoms in total. The number of pyridine rings is 1. The first-order valence-electron chi connectivity index (χ1n) is 3.14. The molecule has 0 spiro atoms. The minimum Gasteiger partial charge on any atom is -0.255 e. The van der Waals surface area contributed by atoms with Gasteiger partial charge in [0.25, 0.3) is 6.43 Å². The van der Waals surface area contributed by atoms with Crippen LogP contribution in [0.3, 0.4) is 0 Å². The lowest BCUT2D eigenvalue weighted by Gasteiger charge is -2.02. The molecule has 66 valence electrons. The fraction of sp³-hybridized carbons (Fsp3) is 0.286. The van der Waals surface area contributed by atoms with Gasteiger partial charge in [-0.1, -0.05) is 0 Å². The third kappa shape index (κ3) is 1.54. The van der Waals surface area contributed by atoms with Crippen LogP contribution in [0.25, 0.3) is 0 Å². The molecule has 1 aromatic rings. The van der Waals surface area contributed by atoms with E-state index in [9.17, 15) is 17.6 Å². The third-order valence-electron chi connectivity index (χ3n) is 1.35. The number of halogens is 4. The summed E-state index contributed by atoms with van der Waals surface area (Å²) in [6, 6.07) is 0.832. The molecule has 0 bridgehead atoms. The molecule has 1 aromatic heterocycles. The zero-order valence-corrected chi connectivity index (χ0v) is 5.90. The average molecular weight is 179 g/mol. The maximum absolute atomic E-state index is 12.7. The Morgan fingerprint density at radius 1 is 1.42 bits per heavy atom. The second-order valence-corrected chi connectivity index (χ2v) is 2.10.